The summed E-state index contributed by atoms with van der Waals surface area (Å²) in [6, 6.07) is 10.2. The predicted octanol–water partition coefficient (Wildman–Crippen LogP) is 4.21. The van der Waals surface area contributed by atoms with Crippen molar-refractivity contribution in [3.63, 3.8) is 0 Å². The Balaban J connectivity index is 2.20. The monoisotopic (exact) mass is 325 g/mol. The molecule has 2 N–H and O–H groups in total. The second-order valence-corrected chi connectivity index (χ2v) is 6.44. The highest BCUT2D eigenvalue weighted by Crippen LogP contribution is 2.30. The van der Waals surface area contributed by atoms with E-state index in [1.54, 1.807) is 11.3 Å². The summed E-state index contributed by atoms with van der Waals surface area (Å²) in [5.41, 5.74) is 6.92. The standard InChI is InChI=1S/C14H16BrNOS/c1-9-7-11(15)4-5-12(9)17-13(8-16)14-6-3-10(2)18-14/h3-7,13H,8,16H2,1-2H3. The molecule has 0 bridgehead atoms. The average Bonchev–Trinajstić information content (AvgIpc) is 2.75. The van der Waals surface area contributed by atoms with Crippen molar-refractivity contribution in [3.8, 4) is 5.75 Å². The first kappa shape index (κ1) is 13.6. The van der Waals surface area contributed by atoms with Crippen LogP contribution in [0.3, 0.4) is 0 Å². The van der Waals surface area contributed by atoms with Gasteiger partial charge in [0.05, 0.1) is 0 Å². The van der Waals surface area contributed by atoms with Crippen molar-refractivity contribution in [1.29, 1.82) is 0 Å². The summed E-state index contributed by atoms with van der Waals surface area (Å²) in [5, 5.41) is 0. The fraction of sp³-hybridized carbons (Fsp3) is 0.286. The van der Waals surface area contributed by atoms with E-state index in [9.17, 15) is 0 Å². The molecule has 0 saturated heterocycles. The van der Waals surface area contributed by atoms with Crippen molar-refractivity contribution in [1.82, 2.24) is 0 Å². The second-order valence-electron chi connectivity index (χ2n) is 4.20. The molecular formula is C14H16BrNOS. The van der Waals surface area contributed by atoms with E-state index in [2.05, 4.69) is 35.0 Å². The number of thiophene rings is 1. The smallest absolute Gasteiger partial charge is 0.145 e. The number of benzene rings is 1. The third-order valence-corrected chi connectivity index (χ3v) is 4.28. The molecule has 1 atom stereocenters. The minimum Gasteiger partial charge on any atom is -0.483 e. The highest BCUT2D eigenvalue weighted by atomic mass is 79.9. The maximum absolute atomic E-state index is 6.01. The number of nitrogens with two attached hydrogens (primary N) is 1. The normalized spacial score (nSPS) is 12.4. The molecule has 0 radical (unpaired) electrons. The van der Waals surface area contributed by atoms with Gasteiger partial charge in [-0.2, -0.15) is 0 Å². The molecule has 1 heterocycles. The fourth-order valence-corrected chi connectivity index (χ4v) is 3.14. The fourth-order valence-electron chi connectivity index (χ4n) is 1.75. The molecule has 0 aliphatic heterocycles. The highest BCUT2D eigenvalue weighted by Gasteiger charge is 2.14. The van der Waals surface area contributed by atoms with Crippen molar-refractivity contribution in [2.75, 3.05) is 6.54 Å². The van der Waals surface area contributed by atoms with Crippen molar-refractivity contribution < 1.29 is 4.74 Å². The van der Waals surface area contributed by atoms with Gasteiger partial charge in [-0.1, -0.05) is 15.9 Å². The van der Waals surface area contributed by atoms with Crippen molar-refractivity contribution in [2.24, 2.45) is 5.73 Å². The molecule has 0 spiro atoms. The number of hydrogen-bond donors (Lipinski definition) is 1. The Morgan fingerprint density at radius 2 is 2.06 bits per heavy atom. The van der Waals surface area contributed by atoms with Gasteiger partial charge in [0.25, 0.3) is 0 Å². The van der Waals surface area contributed by atoms with E-state index in [1.165, 1.54) is 9.75 Å². The van der Waals surface area contributed by atoms with E-state index in [1.807, 2.05) is 25.1 Å². The van der Waals surface area contributed by atoms with E-state index in [0.29, 0.717) is 6.54 Å². The quantitative estimate of drug-likeness (QED) is 0.914. The first-order valence-electron chi connectivity index (χ1n) is 5.79. The molecule has 96 valence electrons. The van der Waals surface area contributed by atoms with E-state index in [4.69, 9.17) is 10.5 Å². The molecule has 1 aromatic carbocycles. The van der Waals surface area contributed by atoms with E-state index in [0.717, 1.165) is 15.8 Å². The van der Waals surface area contributed by atoms with Crippen LogP contribution in [0.25, 0.3) is 0 Å². The lowest BCUT2D eigenvalue weighted by atomic mass is 10.2. The number of ether oxygens (including phenoxy) is 1. The predicted molar refractivity (Wildman–Crippen MR) is 80.4 cm³/mol. The van der Waals surface area contributed by atoms with Crippen LogP contribution in [0.15, 0.2) is 34.8 Å². The summed E-state index contributed by atoms with van der Waals surface area (Å²) in [6.07, 6.45) is -0.0661. The van der Waals surface area contributed by atoms with E-state index in [-0.39, 0.29) is 6.10 Å². The first-order chi connectivity index (χ1) is 8.60. The molecular weight excluding hydrogens is 310 g/mol. The molecule has 2 nitrogen and oxygen atoms in total. The van der Waals surface area contributed by atoms with Gasteiger partial charge in [-0.25, -0.2) is 0 Å². The van der Waals surface area contributed by atoms with Gasteiger partial charge in [-0.05, 0) is 49.7 Å². The van der Waals surface area contributed by atoms with Gasteiger partial charge in [0.1, 0.15) is 11.9 Å². The first-order valence-corrected chi connectivity index (χ1v) is 7.40. The minimum absolute atomic E-state index is 0.0661. The van der Waals surface area contributed by atoms with Crippen LogP contribution in [0.4, 0.5) is 0 Å². The third-order valence-electron chi connectivity index (χ3n) is 2.70. The summed E-state index contributed by atoms with van der Waals surface area (Å²) in [7, 11) is 0. The lowest BCUT2D eigenvalue weighted by Gasteiger charge is -2.17. The summed E-state index contributed by atoms with van der Waals surface area (Å²) in [4.78, 5) is 2.46. The van der Waals surface area contributed by atoms with E-state index < -0.39 is 0 Å². The maximum Gasteiger partial charge on any atom is 0.145 e. The molecule has 4 heteroatoms. The molecule has 0 fully saturated rings. The van der Waals surface area contributed by atoms with Gasteiger partial charge in [0.15, 0.2) is 0 Å². The topological polar surface area (TPSA) is 35.2 Å². The SMILES string of the molecule is Cc1ccc(C(CN)Oc2ccc(Br)cc2C)s1. The van der Waals surface area contributed by atoms with Gasteiger partial charge in [-0.3, -0.25) is 0 Å². The van der Waals surface area contributed by atoms with Gasteiger partial charge < -0.3 is 10.5 Å². The van der Waals surface area contributed by atoms with Gasteiger partial charge in [-0.15, -0.1) is 11.3 Å². The lowest BCUT2D eigenvalue weighted by Crippen LogP contribution is -2.17. The Morgan fingerprint density at radius 1 is 1.28 bits per heavy atom. The van der Waals surface area contributed by atoms with Crippen LogP contribution >= 0.6 is 27.3 Å². The Hall–Kier alpha value is -0.840. The van der Waals surface area contributed by atoms with Crippen molar-refractivity contribution in [3.05, 3.63) is 50.1 Å². The Labute approximate surface area is 120 Å². The van der Waals surface area contributed by atoms with Crippen LogP contribution in [0.5, 0.6) is 5.75 Å². The molecule has 0 aliphatic carbocycles. The van der Waals surface area contributed by atoms with Crippen LogP contribution in [-0.2, 0) is 0 Å². The molecule has 0 saturated carbocycles. The third kappa shape index (κ3) is 3.13. The summed E-state index contributed by atoms with van der Waals surface area (Å²) >= 11 is 5.18. The summed E-state index contributed by atoms with van der Waals surface area (Å²) < 4.78 is 7.07. The van der Waals surface area contributed by atoms with Crippen molar-refractivity contribution in [2.45, 2.75) is 20.0 Å². The van der Waals surface area contributed by atoms with Crippen LogP contribution in [0, 0.1) is 13.8 Å². The van der Waals surface area contributed by atoms with Crippen LogP contribution in [0.2, 0.25) is 0 Å². The Morgan fingerprint density at radius 3 is 2.61 bits per heavy atom. The van der Waals surface area contributed by atoms with Gasteiger partial charge in [0, 0.05) is 20.8 Å². The number of halogens is 1. The largest absolute Gasteiger partial charge is 0.483 e. The molecule has 0 amide bonds. The average molecular weight is 326 g/mol. The van der Waals surface area contributed by atoms with Crippen LogP contribution < -0.4 is 10.5 Å². The Kier molecular flexibility index (Phi) is 4.43. The zero-order chi connectivity index (χ0) is 13.1. The van der Waals surface area contributed by atoms with E-state index >= 15 is 0 Å². The summed E-state index contributed by atoms with van der Waals surface area (Å²) in [5.74, 6) is 0.889. The zero-order valence-electron chi connectivity index (χ0n) is 10.4. The number of rotatable bonds is 4. The van der Waals surface area contributed by atoms with Gasteiger partial charge in [0.2, 0.25) is 0 Å². The molecule has 1 aromatic heterocycles. The maximum atomic E-state index is 6.01. The summed E-state index contributed by atoms with van der Waals surface area (Å²) in [6.45, 7) is 4.61. The molecule has 1 unspecified atom stereocenters. The lowest BCUT2D eigenvalue weighted by molar-refractivity contribution is 0.216. The minimum atomic E-state index is -0.0661. The number of aryl methyl sites for hydroxylation is 2. The molecule has 2 aromatic rings. The van der Waals surface area contributed by atoms with Gasteiger partial charge >= 0.3 is 0 Å². The second kappa shape index (κ2) is 5.87. The van der Waals surface area contributed by atoms with Crippen molar-refractivity contribution >= 4 is 27.3 Å². The molecule has 0 aliphatic rings. The Bertz CT molecular complexity index is 538. The molecule has 18 heavy (non-hydrogen) atoms. The number of hydrogen-bond acceptors (Lipinski definition) is 3. The van der Waals surface area contributed by atoms with Crippen LogP contribution in [0.1, 0.15) is 21.4 Å². The highest BCUT2D eigenvalue weighted by molar-refractivity contribution is 9.10. The van der Waals surface area contributed by atoms with Crippen LogP contribution in [-0.4, -0.2) is 6.54 Å². The molecule has 2 rings (SSSR count). The zero-order valence-corrected chi connectivity index (χ0v) is 12.8.